The van der Waals surface area contributed by atoms with Crippen LogP contribution >= 0.6 is 0 Å². The molecule has 0 bridgehead atoms. The lowest BCUT2D eigenvalue weighted by Crippen LogP contribution is -2.31. The van der Waals surface area contributed by atoms with E-state index in [0.29, 0.717) is 0 Å². The van der Waals surface area contributed by atoms with Gasteiger partial charge >= 0.3 is 5.97 Å². The van der Waals surface area contributed by atoms with Crippen LogP contribution in [0.4, 0.5) is 0 Å². The fraction of sp³-hybridized carbons (Fsp3) is 0.833. The maximum Gasteiger partial charge on any atom is 0.309 e. The van der Waals surface area contributed by atoms with Gasteiger partial charge in [0, 0.05) is 0 Å². The molecule has 0 spiro atoms. The van der Waals surface area contributed by atoms with Gasteiger partial charge in [-0.1, -0.05) is 0 Å². The number of carbonyl (C=O) groups is 1. The zero-order chi connectivity index (χ0) is 7.72. The summed E-state index contributed by atoms with van der Waals surface area (Å²) in [6.45, 7) is 1.48. The molecule has 0 saturated carbocycles. The molecule has 2 N–H and O–H groups in total. The Bertz CT molecular complexity index is 143. The van der Waals surface area contributed by atoms with E-state index >= 15 is 0 Å². The van der Waals surface area contributed by atoms with Crippen molar-refractivity contribution in [1.82, 2.24) is 0 Å². The first-order valence-electron chi connectivity index (χ1n) is 3.17. The maximum absolute atomic E-state index is 10.5. The van der Waals surface area contributed by atoms with Gasteiger partial charge < -0.3 is 14.9 Å². The van der Waals surface area contributed by atoms with Crippen molar-refractivity contribution in [3.05, 3.63) is 0 Å². The molecule has 0 aromatic carbocycles. The van der Waals surface area contributed by atoms with Gasteiger partial charge in [-0.25, -0.2) is 0 Å². The molecule has 1 aliphatic rings. The number of hydrogen-bond donors (Lipinski definition) is 2. The lowest BCUT2D eigenvalue weighted by atomic mass is 10.1. The van der Waals surface area contributed by atoms with Crippen molar-refractivity contribution in [2.24, 2.45) is 0 Å². The Hall–Kier alpha value is -0.610. The maximum atomic E-state index is 10.5. The van der Waals surface area contributed by atoms with Crippen molar-refractivity contribution in [1.29, 1.82) is 0 Å². The van der Waals surface area contributed by atoms with Crippen molar-refractivity contribution >= 4 is 5.97 Å². The second-order valence-corrected chi connectivity index (χ2v) is 2.47. The number of cyclic esters (lactones) is 1. The Morgan fingerprint density at radius 2 is 2.40 bits per heavy atom. The third-order valence-electron chi connectivity index (χ3n) is 1.50. The van der Waals surface area contributed by atoms with Gasteiger partial charge in [0.05, 0.1) is 12.5 Å². The van der Waals surface area contributed by atoms with Gasteiger partial charge in [0.2, 0.25) is 0 Å². The molecule has 1 saturated heterocycles. The smallest absolute Gasteiger partial charge is 0.309 e. The first-order chi connectivity index (χ1) is 4.61. The molecule has 1 aliphatic heterocycles. The predicted octanol–water partition coefficient (Wildman–Crippen LogP) is -0.956. The minimum Gasteiger partial charge on any atom is -0.457 e. The zero-order valence-electron chi connectivity index (χ0n) is 5.65. The Balaban J connectivity index is 2.54. The van der Waals surface area contributed by atoms with Crippen molar-refractivity contribution in [2.45, 2.75) is 31.7 Å². The summed E-state index contributed by atoms with van der Waals surface area (Å²) >= 11 is 0. The van der Waals surface area contributed by atoms with E-state index in [4.69, 9.17) is 10.2 Å². The van der Waals surface area contributed by atoms with E-state index < -0.39 is 24.3 Å². The Morgan fingerprint density at radius 1 is 1.80 bits per heavy atom. The molecule has 0 radical (unpaired) electrons. The second-order valence-electron chi connectivity index (χ2n) is 2.47. The van der Waals surface area contributed by atoms with E-state index in [2.05, 4.69) is 4.74 Å². The van der Waals surface area contributed by atoms with Crippen LogP contribution < -0.4 is 0 Å². The highest BCUT2D eigenvalue weighted by Crippen LogP contribution is 2.17. The number of hydrogen-bond acceptors (Lipinski definition) is 4. The van der Waals surface area contributed by atoms with Gasteiger partial charge in [-0.3, -0.25) is 4.79 Å². The minimum atomic E-state index is -0.840. The van der Waals surface area contributed by atoms with Crippen LogP contribution in [0, 0.1) is 0 Å². The van der Waals surface area contributed by atoms with E-state index in [9.17, 15) is 4.79 Å². The van der Waals surface area contributed by atoms with E-state index in [-0.39, 0.29) is 6.42 Å². The van der Waals surface area contributed by atoms with Gasteiger partial charge in [-0.05, 0) is 6.92 Å². The average molecular weight is 146 g/mol. The molecule has 58 valence electrons. The third kappa shape index (κ3) is 1.27. The van der Waals surface area contributed by atoms with Gasteiger partial charge in [0.25, 0.3) is 0 Å². The number of ether oxygens (including phenoxy) is 1. The molecule has 0 unspecified atom stereocenters. The summed E-state index contributed by atoms with van der Waals surface area (Å²) < 4.78 is 4.60. The number of aliphatic hydroxyl groups is 2. The van der Waals surface area contributed by atoms with Crippen LogP contribution in [0.25, 0.3) is 0 Å². The van der Waals surface area contributed by atoms with Crippen LogP contribution in [0.2, 0.25) is 0 Å². The van der Waals surface area contributed by atoms with Crippen LogP contribution in [0.5, 0.6) is 0 Å². The van der Waals surface area contributed by atoms with Crippen molar-refractivity contribution < 1.29 is 19.7 Å². The highest BCUT2D eigenvalue weighted by molar-refractivity contribution is 5.72. The normalized spacial score (nSPS) is 35.7. The Kier molecular flexibility index (Phi) is 1.92. The molecule has 0 aliphatic carbocycles. The summed E-state index contributed by atoms with van der Waals surface area (Å²) in [6.07, 6.45) is -2.36. The lowest BCUT2D eigenvalue weighted by Gasteiger charge is -2.14. The highest BCUT2D eigenvalue weighted by atomic mass is 16.6. The van der Waals surface area contributed by atoms with E-state index in [1.807, 2.05) is 0 Å². The van der Waals surface area contributed by atoms with Gasteiger partial charge in [-0.2, -0.15) is 0 Å². The first kappa shape index (κ1) is 7.50. The molecular weight excluding hydrogens is 136 g/mol. The van der Waals surface area contributed by atoms with Crippen LogP contribution in [0.15, 0.2) is 0 Å². The number of aliphatic hydroxyl groups excluding tert-OH is 2. The Morgan fingerprint density at radius 3 is 2.60 bits per heavy atom. The van der Waals surface area contributed by atoms with E-state index in [1.165, 1.54) is 6.92 Å². The molecule has 1 fully saturated rings. The van der Waals surface area contributed by atoms with Crippen molar-refractivity contribution in [3.8, 4) is 0 Å². The average Bonchev–Trinajstić information content (AvgIpc) is 2.10. The standard InChI is InChI=1S/C6H10O4/c1-3(7)6-4(8)2-5(9)10-6/h3-4,6-8H,2H2,1H3/t3-,4-,6-/m1/s1. The van der Waals surface area contributed by atoms with Gasteiger partial charge in [-0.15, -0.1) is 0 Å². The Labute approximate surface area is 58.4 Å². The molecular formula is C6H10O4. The van der Waals surface area contributed by atoms with Crippen LogP contribution in [0.1, 0.15) is 13.3 Å². The van der Waals surface area contributed by atoms with Crippen molar-refractivity contribution in [3.63, 3.8) is 0 Å². The number of carbonyl (C=O) groups excluding carboxylic acids is 1. The van der Waals surface area contributed by atoms with Crippen LogP contribution in [-0.2, 0) is 9.53 Å². The van der Waals surface area contributed by atoms with Crippen molar-refractivity contribution in [2.75, 3.05) is 0 Å². The molecule has 0 aromatic rings. The molecule has 1 heterocycles. The summed E-state index contributed by atoms with van der Waals surface area (Å²) in [6, 6.07) is 0. The topological polar surface area (TPSA) is 66.8 Å². The SMILES string of the molecule is C[C@@H](O)[C@H]1OC(=O)C[C@H]1O. The summed E-state index contributed by atoms with van der Waals surface area (Å²) in [5.74, 6) is -0.446. The lowest BCUT2D eigenvalue weighted by molar-refractivity contribution is -0.146. The molecule has 1 rings (SSSR count). The molecule has 10 heavy (non-hydrogen) atoms. The zero-order valence-corrected chi connectivity index (χ0v) is 5.65. The van der Waals surface area contributed by atoms with E-state index in [1.54, 1.807) is 0 Å². The minimum absolute atomic E-state index is 0.00440. The quantitative estimate of drug-likeness (QED) is 0.468. The summed E-state index contributed by atoms with van der Waals surface area (Å²) in [5, 5.41) is 17.9. The summed E-state index contributed by atoms with van der Waals surface area (Å²) in [5.41, 5.74) is 0. The molecule has 0 aromatic heterocycles. The monoisotopic (exact) mass is 146 g/mol. The van der Waals surface area contributed by atoms with Gasteiger partial charge in [0.15, 0.2) is 6.10 Å². The predicted molar refractivity (Wildman–Crippen MR) is 32.2 cm³/mol. The van der Waals surface area contributed by atoms with Gasteiger partial charge in [0.1, 0.15) is 6.10 Å². The number of rotatable bonds is 1. The fourth-order valence-corrected chi connectivity index (χ4v) is 0.985. The molecule has 3 atom stereocenters. The van der Waals surface area contributed by atoms with E-state index in [0.717, 1.165) is 0 Å². The highest BCUT2D eigenvalue weighted by Gasteiger charge is 2.36. The number of esters is 1. The summed E-state index contributed by atoms with van der Waals surface area (Å²) in [7, 11) is 0. The third-order valence-corrected chi connectivity index (χ3v) is 1.50. The van der Waals surface area contributed by atoms with Crippen LogP contribution in [0.3, 0.4) is 0 Å². The first-order valence-corrected chi connectivity index (χ1v) is 3.17. The molecule has 0 amide bonds. The molecule has 4 heteroatoms. The molecule has 4 nitrogen and oxygen atoms in total. The fourth-order valence-electron chi connectivity index (χ4n) is 0.985. The second kappa shape index (κ2) is 2.56. The van der Waals surface area contributed by atoms with Crippen LogP contribution in [-0.4, -0.2) is 34.5 Å². The largest absolute Gasteiger partial charge is 0.457 e. The summed E-state index contributed by atoms with van der Waals surface area (Å²) in [4.78, 5) is 10.5.